The maximum Gasteiger partial charge on any atom is 0.406 e. The summed E-state index contributed by atoms with van der Waals surface area (Å²) in [7, 11) is 0. The van der Waals surface area contributed by atoms with Crippen LogP contribution in [0.2, 0.25) is 0 Å². The van der Waals surface area contributed by atoms with Gasteiger partial charge in [-0.3, -0.25) is 14.5 Å². The second-order valence-electron chi connectivity index (χ2n) is 5.50. The molecule has 2 atom stereocenters. The van der Waals surface area contributed by atoms with Crippen molar-refractivity contribution in [1.82, 2.24) is 14.5 Å². The number of amides is 2. The summed E-state index contributed by atoms with van der Waals surface area (Å²) in [6.45, 7) is -1.40. The third-order valence-electron chi connectivity index (χ3n) is 4.05. The van der Waals surface area contributed by atoms with Gasteiger partial charge in [0.05, 0.1) is 18.4 Å². The highest BCUT2D eigenvalue weighted by Gasteiger charge is 2.47. The summed E-state index contributed by atoms with van der Waals surface area (Å²) in [4.78, 5) is 29.5. The fraction of sp³-hybridized carbons (Fsp3) is 0.500. The molecule has 5 nitrogen and oxygen atoms in total. The van der Waals surface area contributed by atoms with E-state index in [1.165, 1.54) is 12.4 Å². The molecule has 118 valence electrons. The molecular weight excluding hydrogens is 299 g/mol. The Bertz CT molecular complexity index is 610. The first kappa shape index (κ1) is 14.8. The van der Waals surface area contributed by atoms with Crippen molar-refractivity contribution >= 4 is 11.8 Å². The number of nitrogens with zero attached hydrogens (tertiary/aromatic N) is 3. The van der Waals surface area contributed by atoms with Gasteiger partial charge < -0.3 is 4.57 Å². The van der Waals surface area contributed by atoms with Crippen LogP contribution < -0.4 is 0 Å². The van der Waals surface area contributed by atoms with E-state index in [-0.39, 0.29) is 36.0 Å². The van der Waals surface area contributed by atoms with Gasteiger partial charge in [0.2, 0.25) is 11.8 Å². The standard InChI is InChI=1S/C14H14F3N3O2/c15-14(16,17)8-19-6-5-18-11(19)7-20-12(21)9-3-1-2-4-10(9)13(20)22/h1-2,5-6,9-10H,3-4,7-8H2/t9-,10-/m1/s1. The first-order chi connectivity index (χ1) is 10.4. The molecule has 0 bridgehead atoms. The van der Waals surface area contributed by atoms with Crippen LogP contribution in [0.15, 0.2) is 24.5 Å². The lowest BCUT2D eigenvalue weighted by Crippen LogP contribution is -2.32. The minimum atomic E-state index is -4.38. The zero-order valence-electron chi connectivity index (χ0n) is 11.6. The maximum atomic E-state index is 12.5. The zero-order chi connectivity index (χ0) is 15.9. The largest absolute Gasteiger partial charge is 0.406 e. The van der Waals surface area contributed by atoms with E-state index in [9.17, 15) is 22.8 Å². The number of carbonyl (C=O) groups is 2. The number of allylic oxidation sites excluding steroid dienone is 2. The summed E-state index contributed by atoms with van der Waals surface area (Å²) in [6, 6.07) is 0. The Balaban J connectivity index is 1.78. The normalized spacial score (nSPS) is 25.0. The predicted molar refractivity (Wildman–Crippen MR) is 69.2 cm³/mol. The Labute approximate surface area is 124 Å². The summed E-state index contributed by atoms with van der Waals surface area (Å²) < 4.78 is 38.4. The molecular formula is C14H14F3N3O2. The molecule has 2 amide bonds. The van der Waals surface area contributed by atoms with Crippen molar-refractivity contribution in [2.24, 2.45) is 11.8 Å². The van der Waals surface area contributed by atoms with Gasteiger partial charge in [0.25, 0.3) is 0 Å². The molecule has 8 heteroatoms. The van der Waals surface area contributed by atoms with Crippen LogP contribution >= 0.6 is 0 Å². The molecule has 1 aromatic rings. The number of hydrogen-bond acceptors (Lipinski definition) is 3. The van der Waals surface area contributed by atoms with Gasteiger partial charge in [-0.25, -0.2) is 4.98 Å². The van der Waals surface area contributed by atoms with Crippen molar-refractivity contribution in [3.63, 3.8) is 0 Å². The molecule has 1 saturated heterocycles. The van der Waals surface area contributed by atoms with Crippen LogP contribution in [0.5, 0.6) is 0 Å². The van der Waals surface area contributed by atoms with Gasteiger partial charge in [-0.2, -0.15) is 13.2 Å². The number of likely N-dealkylation sites (tertiary alicyclic amines) is 1. The fourth-order valence-corrected chi connectivity index (χ4v) is 3.00. The molecule has 0 unspecified atom stereocenters. The quantitative estimate of drug-likeness (QED) is 0.632. The monoisotopic (exact) mass is 313 g/mol. The molecule has 2 aliphatic rings. The molecule has 0 aromatic carbocycles. The molecule has 1 aliphatic heterocycles. The van der Waals surface area contributed by atoms with Gasteiger partial charge in [0.1, 0.15) is 12.4 Å². The lowest BCUT2D eigenvalue weighted by atomic mass is 9.85. The van der Waals surface area contributed by atoms with Gasteiger partial charge >= 0.3 is 6.18 Å². The number of rotatable bonds is 3. The summed E-state index contributed by atoms with van der Waals surface area (Å²) in [5.74, 6) is -1.35. The molecule has 1 aromatic heterocycles. The van der Waals surface area contributed by atoms with Gasteiger partial charge in [-0.05, 0) is 12.8 Å². The highest BCUT2D eigenvalue weighted by molar-refractivity contribution is 6.05. The minimum Gasteiger partial charge on any atom is -0.324 e. The van der Waals surface area contributed by atoms with E-state index < -0.39 is 12.7 Å². The van der Waals surface area contributed by atoms with Crippen LogP contribution in [-0.4, -0.2) is 32.4 Å². The smallest absolute Gasteiger partial charge is 0.324 e. The van der Waals surface area contributed by atoms with Crippen LogP contribution in [0, 0.1) is 11.8 Å². The number of imidazole rings is 1. The fourth-order valence-electron chi connectivity index (χ4n) is 3.00. The number of fused-ring (bicyclic) bond motifs is 1. The van der Waals surface area contributed by atoms with Crippen LogP contribution in [0.25, 0.3) is 0 Å². The lowest BCUT2D eigenvalue weighted by Gasteiger charge is -2.16. The van der Waals surface area contributed by atoms with Crippen molar-refractivity contribution in [3.05, 3.63) is 30.4 Å². The van der Waals surface area contributed by atoms with E-state index in [0.717, 1.165) is 9.47 Å². The third-order valence-corrected chi connectivity index (χ3v) is 4.05. The Hall–Kier alpha value is -2.12. The van der Waals surface area contributed by atoms with Crippen LogP contribution in [0.3, 0.4) is 0 Å². The summed E-state index contributed by atoms with van der Waals surface area (Å²) in [6.07, 6.45) is 2.78. The highest BCUT2D eigenvalue weighted by atomic mass is 19.4. The first-order valence-corrected chi connectivity index (χ1v) is 6.94. The number of imide groups is 1. The number of carbonyl (C=O) groups excluding carboxylic acids is 2. The highest BCUT2D eigenvalue weighted by Crippen LogP contribution is 2.35. The molecule has 1 aliphatic carbocycles. The SMILES string of the molecule is O=C1[C@@H]2CC=CC[C@H]2C(=O)N1Cc1nccn1CC(F)(F)F. The summed E-state index contributed by atoms with van der Waals surface area (Å²) in [5, 5.41) is 0. The lowest BCUT2D eigenvalue weighted by molar-refractivity contribution is -0.142. The van der Waals surface area contributed by atoms with Gasteiger partial charge in [0.15, 0.2) is 0 Å². The average molecular weight is 313 g/mol. The molecule has 2 heterocycles. The summed E-state index contributed by atoms with van der Waals surface area (Å²) in [5.41, 5.74) is 0. The van der Waals surface area contributed by atoms with Crippen LogP contribution in [0.4, 0.5) is 13.2 Å². The second kappa shape index (κ2) is 5.26. The van der Waals surface area contributed by atoms with E-state index >= 15 is 0 Å². The number of halogens is 3. The van der Waals surface area contributed by atoms with E-state index in [1.807, 2.05) is 12.2 Å². The van der Waals surface area contributed by atoms with E-state index in [1.54, 1.807) is 0 Å². The first-order valence-electron chi connectivity index (χ1n) is 6.94. The van der Waals surface area contributed by atoms with Gasteiger partial charge in [-0.1, -0.05) is 12.2 Å². The predicted octanol–water partition coefficient (Wildman–Crippen LogP) is 1.90. The van der Waals surface area contributed by atoms with E-state index in [0.29, 0.717) is 12.8 Å². The molecule has 0 N–H and O–H groups in total. The molecule has 0 saturated carbocycles. The second-order valence-corrected chi connectivity index (χ2v) is 5.50. The Morgan fingerprint density at radius 2 is 1.73 bits per heavy atom. The minimum absolute atomic E-state index is 0.0608. The van der Waals surface area contributed by atoms with Crippen molar-refractivity contribution in [3.8, 4) is 0 Å². The zero-order valence-corrected chi connectivity index (χ0v) is 11.6. The Morgan fingerprint density at radius 3 is 2.27 bits per heavy atom. The molecule has 1 fully saturated rings. The van der Waals surface area contributed by atoms with Crippen LogP contribution in [-0.2, 0) is 22.7 Å². The van der Waals surface area contributed by atoms with Crippen molar-refractivity contribution in [2.75, 3.05) is 0 Å². The topological polar surface area (TPSA) is 55.2 Å². The maximum absolute atomic E-state index is 12.5. The third kappa shape index (κ3) is 2.65. The summed E-state index contributed by atoms with van der Waals surface area (Å²) >= 11 is 0. The van der Waals surface area contributed by atoms with Crippen molar-refractivity contribution in [2.45, 2.75) is 32.1 Å². The van der Waals surface area contributed by atoms with Crippen molar-refractivity contribution < 1.29 is 22.8 Å². The van der Waals surface area contributed by atoms with Crippen LogP contribution in [0.1, 0.15) is 18.7 Å². The number of aromatic nitrogens is 2. The molecule has 3 rings (SSSR count). The van der Waals surface area contributed by atoms with Crippen molar-refractivity contribution in [1.29, 1.82) is 0 Å². The number of hydrogen-bond donors (Lipinski definition) is 0. The Kier molecular flexibility index (Phi) is 3.54. The number of alkyl halides is 3. The van der Waals surface area contributed by atoms with E-state index in [2.05, 4.69) is 4.98 Å². The van der Waals surface area contributed by atoms with E-state index in [4.69, 9.17) is 0 Å². The molecule has 0 spiro atoms. The molecule has 0 radical (unpaired) electrons. The van der Waals surface area contributed by atoms with Gasteiger partial charge in [0, 0.05) is 12.4 Å². The van der Waals surface area contributed by atoms with Gasteiger partial charge in [-0.15, -0.1) is 0 Å². The molecule has 22 heavy (non-hydrogen) atoms. The Morgan fingerprint density at radius 1 is 1.14 bits per heavy atom. The average Bonchev–Trinajstić information content (AvgIpc) is 2.97.